The molecule has 0 N–H and O–H groups in total. The van der Waals surface area contributed by atoms with Crippen LogP contribution in [0.15, 0.2) is 18.2 Å². The fraction of sp³-hybridized carbons (Fsp3) is 0.769. The molecule has 0 radical (unpaired) electrons. The van der Waals surface area contributed by atoms with Crippen molar-refractivity contribution in [1.82, 2.24) is 0 Å². The fourth-order valence-electron chi connectivity index (χ4n) is 4.04. The highest BCUT2D eigenvalue weighted by Gasteiger charge is 2.10. The molecular formula is C26H47N. The molecule has 0 saturated heterocycles. The van der Waals surface area contributed by atoms with E-state index in [9.17, 15) is 0 Å². The summed E-state index contributed by atoms with van der Waals surface area (Å²) >= 11 is 0. The van der Waals surface area contributed by atoms with E-state index in [2.05, 4.69) is 57.7 Å². The standard InChI is InChI=1S/C26H47N/c1-6-8-10-12-14-16-20-27(21-17-15-13-11-9-7-2)25-18-19-26(23(3)4)24(5)22-25/h18-19,22-23H,6-17,20-21H2,1-5H3. The van der Waals surface area contributed by atoms with Crippen molar-refractivity contribution in [1.29, 1.82) is 0 Å². The Morgan fingerprint density at radius 1 is 0.704 bits per heavy atom. The monoisotopic (exact) mass is 373 g/mol. The first-order valence-corrected chi connectivity index (χ1v) is 12.0. The molecule has 0 amide bonds. The van der Waals surface area contributed by atoms with Crippen molar-refractivity contribution in [3.63, 3.8) is 0 Å². The van der Waals surface area contributed by atoms with Crippen LogP contribution in [0.3, 0.4) is 0 Å². The van der Waals surface area contributed by atoms with Crippen LogP contribution in [0.4, 0.5) is 5.69 Å². The maximum absolute atomic E-state index is 2.66. The molecule has 0 aromatic heterocycles. The third kappa shape index (κ3) is 10.2. The third-order valence-electron chi connectivity index (χ3n) is 5.80. The first-order chi connectivity index (χ1) is 13.1. The van der Waals surface area contributed by atoms with Gasteiger partial charge >= 0.3 is 0 Å². The molecule has 0 unspecified atom stereocenters. The normalized spacial score (nSPS) is 11.3. The molecule has 0 saturated carbocycles. The lowest BCUT2D eigenvalue weighted by atomic mass is 9.97. The average Bonchev–Trinajstić information content (AvgIpc) is 2.65. The van der Waals surface area contributed by atoms with Gasteiger partial charge in [-0.3, -0.25) is 0 Å². The van der Waals surface area contributed by atoms with Crippen LogP contribution in [0.25, 0.3) is 0 Å². The third-order valence-corrected chi connectivity index (χ3v) is 5.80. The molecule has 0 spiro atoms. The van der Waals surface area contributed by atoms with Gasteiger partial charge in [-0.15, -0.1) is 0 Å². The van der Waals surface area contributed by atoms with Gasteiger partial charge in [-0.05, 0) is 48.9 Å². The van der Waals surface area contributed by atoms with E-state index in [1.807, 2.05) is 0 Å². The van der Waals surface area contributed by atoms with E-state index in [4.69, 9.17) is 0 Å². The number of hydrogen-bond acceptors (Lipinski definition) is 1. The van der Waals surface area contributed by atoms with Crippen LogP contribution < -0.4 is 4.90 Å². The Morgan fingerprint density at radius 2 is 1.19 bits per heavy atom. The van der Waals surface area contributed by atoms with Gasteiger partial charge in [0.15, 0.2) is 0 Å². The Kier molecular flexibility index (Phi) is 13.4. The van der Waals surface area contributed by atoms with Gasteiger partial charge in [-0.25, -0.2) is 0 Å². The van der Waals surface area contributed by atoms with Crippen molar-refractivity contribution in [2.24, 2.45) is 0 Å². The lowest BCUT2D eigenvalue weighted by Gasteiger charge is -2.26. The Labute approximate surface area is 170 Å². The molecule has 0 aliphatic rings. The van der Waals surface area contributed by atoms with Crippen molar-refractivity contribution in [3.8, 4) is 0 Å². The number of hydrogen-bond donors (Lipinski definition) is 0. The highest BCUT2D eigenvalue weighted by molar-refractivity contribution is 5.51. The molecule has 27 heavy (non-hydrogen) atoms. The Hall–Kier alpha value is -0.980. The van der Waals surface area contributed by atoms with Gasteiger partial charge in [-0.1, -0.05) is 98.0 Å². The predicted molar refractivity (Wildman–Crippen MR) is 124 cm³/mol. The van der Waals surface area contributed by atoms with Crippen LogP contribution in [0.1, 0.15) is 122 Å². The summed E-state index contributed by atoms with van der Waals surface area (Å²) in [6.07, 6.45) is 16.6. The quantitative estimate of drug-likeness (QED) is 0.262. The molecule has 156 valence electrons. The zero-order chi connectivity index (χ0) is 19.9. The lowest BCUT2D eigenvalue weighted by molar-refractivity contribution is 0.575. The number of aryl methyl sites for hydroxylation is 1. The molecule has 1 heteroatoms. The number of unbranched alkanes of at least 4 members (excludes halogenated alkanes) is 10. The van der Waals surface area contributed by atoms with E-state index in [-0.39, 0.29) is 0 Å². The Balaban J connectivity index is 2.56. The summed E-state index contributed by atoms with van der Waals surface area (Å²) in [6, 6.07) is 7.17. The van der Waals surface area contributed by atoms with Gasteiger partial charge < -0.3 is 4.90 Å². The second kappa shape index (κ2) is 15.0. The van der Waals surface area contributed by atoms with Crippen molar-refractivity contribution in [3.05, 3.63) is 29.3 Å². The highest BCUT2D eigenvalue weighted by atomic mass is 15.1. The molecule has 1 rings (SSSR count). The van der Waals surface area contributed by atoms with E-state index >= 15 is 0 Å². The van der Waals surface area contributed by atoms with Crippen LogP contribution in [0.2, 0.25) is 0 Å². The van der Waals surface area contributed by atoms with Gasteiger partial charge in [0.2, 0.25) is 0 Å². The maximum atomic E-state index is 2.66. The molecular weight excluding hydrogens is 326 g/mol. The summed E-state index contributed by atoms with van der Waals surface area (Å²) in [7, 11) is 0. The van der Waals surface area contributed by atoms with Crippen molar-refractivity contribution < 1.29 is 0 Å². The van der Waals surface area contributed by atoms with Crippen LogP contribution >= 0.6 is 0 Å². The average molecular weight is 374 g/mol. The molecule has 0 aliphatic carbocycles. The molecule has 0 heterocycles. The fourth-order valence-corrected chi connectivity index (χ4v) is 4.04. The minimum atomic E-state index is 0.615. The maximum Gasteiger partial charge on any atom is 0.0369 e. The van der Waals surface area contributed by atoms with Gasteiger partial charge in [0.1, 0.15) is 0 Å². The summed E-state index contributed by atoms with van der Waals surface area (Å²) in [5.41, 5.74) is 4.40. The summed E-state index contributed by atoms with van der Waals surface area (Å²) in [5, 5.41) is 0. The largest absolute Gasteiger partial charge is 0.372 e. The summed E-state index contributed by atoms with van der Waals surface area (Å²) in [6.45, 7) is 13.9. The van der Waals surface area contributed by atoms with Crippen LogP contribution in [-0.2, 0) is 0 Å². The second-order valence-electron chi connectivity index (χ2n) is 8.72. The number of rotatable bonds is 16. The van der Waals surface area contributed by atoms with E-state index in [1.54, 1.807) is 0 Å². The molecule has 0 fully saturated rings. The van der Waals surface area contributed by atoms with Gasteiger partial charge in [0.05, 0.1) is 0 Å². The van der Waals surface area contributed by atoms with E-state index in [1.165, 1.54) is 107 Å². The molecule has 0 aliphatic heterocycles. The SMILES string of the molecule is CCCCCCCCN(CCCCCCCC)c1ccc(C(C)C)c(C)c1. The highest BCUT2D eigenvalue weighted by Crippen LogP contribution is 2.25. The molecule has 1 aromatic carbocycles. The van der Waals surface area contributed by atoms with Crippen molar-refractivity contribution in [2.75, 3.05) is 18.0 Å². The second-order valence-corrected chi connectivity index (χ2v) is 8.72. The van der Waals surface area contributed by atoms with Crippen LogP contribution in [0.5, 0.6) is 0 Å². The van der Waals surface area contributed by atoms with Crippen molar-refractivity contribution in [2.45, 2.75) is 118 Å². The summed E-state index contributed by atoms with van der Waals surface area (Å²) < 4.78 is 0. The minimum Gasteiger partial charge on any atom is -0.372 e. The molecule has 1 aromatic rings. The van der Waals surface area contributed by atoms with Gasteiger partial charge in [-0.2, -0.15) is 0 Å². The number of benzene rings is 1. The smallest absolute Gasteiger partial charge is 0.0369 e. The first kappa shape index (κ1) is 24.1. The van der Waals surface area contributed by atoms with Crippen LogP contribution in [-0.4, -0.2) is 13.1 Å². The van der Waals surface area contributed by atoms with Gasteiger partial charge in [0.25, 0.3) is 0 Å². The van der Waals surface area contributed by atoms with E-state index < -0.39 is 0 Å². The van der Waals surface area contributed by atoms with Gasteiger partial charge in [0, 0.05) is 18.8 Å². The zero-order valence-corrected chi connectivity index (χ0v) is 19.2. The number of nitrogens with zero attached hydrogens (tertiary/aromatic N) is 1. The first-order valence-electron chi connectivity index (χ1n) is 12.0. The topological polar surface area (TPSA) is 3.24 Å². The Bertz CT molecular complexity index is 461. The molecule has 1 nitrogen and oxygen atoms in total. The van der Waals surface area contributed by atoms with Crippen molar-refractivity contribution >= 4 is 5.69 Å². The lowest BCUT2D eigenvalue weighted by Crippen LogP contribution is -2.26. The summed E-state index contributed by atoms with van der Waals surface area (Å²) in [4.78, 5) is 2.66. The van der Waals surface area contributed by atoms with Crippen LogP contribution in [0, 0.1) is 6.92 Å². The zero-order valence-electron chi connectivity index (χ0n) is 19.2. The van der Waals surface area contributed by atoms with E-state index in [0.717, 1.165) is 0 Å². The molecule has 0 atom stereocenters. The number of anilines is 1. The minimum absolute atomic E-state index is 0.615. The molecule has 0 bridgehead atoms. The summed E-state index contributed by atoms with van der Waals surface area (Å²) in [5.74, 6) is 0.615. The predicted octanol–water partition coefficient (Wildman–Crippen LogP) is 8.65. The van der Waals surface area contributed by atoms with E-state index in [0.29, 0.717) is 5.92 Å². The Morgan fingerprint density at radius 3 is 1.63 bits per heavy atom.